The zero-order chi connectivity index (χ0) is 14.1. The molecule has 19 heavy (non-hydrogen) atoms. The maximum Gasteiger partial charge on any atom is 0.257 e. The zero-order valence-electron chi connectivity index (χ0n) is 11.4. The van der Waals surface area contributed by atoms with Crippen molar-refractivity contribution in [3.8, 4) is 0 Å². The summed E-state index contributed by atoms with van der Waals surface area (Å²) in [4.78, 5) is 0. The first-order chi connectivity index (χ1) is 9.11. The van der Waals surface area contributed by atoms with E-state index < -0.39 is 10.0 Å². The molecule has 0 aromatic carbocycles. The predicted molar refractivity (Wildman–Crippen MR) is 78.8 cm³/mol. The van der Waals surface area contributed by atoms with E-state index in [1.807, 2.05) is 13.2 Å². The molecule has 0 bridgehead atoms. The Morgan fingerprint density at radius 3 is 2.89 bits per heavy atom. The van der Waals surface area contributed by atoms with Gasteiger partial charge in [-0.3, -0.25) is 5.10 Å². The standard InChI is InChI=1S/C11H22N4O2S2/c1-3-12-8-10-9-13-15-11(10)19(16,17)14-6-4-5-7-18-2/h9,12,14H,3-8H2,1-2H3,(H,13,15). The van der Waals surface area contributed by atoms with Crippen LogP contribution in [0.4, 0.5) is 0 Å². The number of unbranched alkanes of at least 4 members (excludes halogenated alkanes) is 1. The molecule has 0 saturated carbocycles. The number of nitrogens with zero attached hydrogens (tertiary/aromatic N) is 1. The monoisotopic (exact) mass is 306 g/mol. The van der Waals surface area contributed by atoms with Gasteiger partial charge in [0.05, 0.1) is 6.20 Å². The van der Waals surface area contributed by atoms with E-state index in [-0.39, 0.29) is 5.03 Å². The summed E-state index contributed by atoms with van der Waals surface area (Å²) in [6, 6.07) is 0. The summed E-state index contributed by atoms with van der Waals surface area (Å²) >= 11 is 1.77. The minimum Gasteiger partial charge on any atom is -0.313 e. The largest absolute Gasteiger partial charge is 0.313 e. The van der Waals surface area contributed by atoms with E-state index in [2.05, 4.69) is 20.2 Å². The minimum atomic E-state index is -3.48. The minimum absolute atomic E-state index is 0.165. The second-order valence-corrected chi connectivity index (χ2v) is 6.79. The van der Waals surface area contributed by atoms with Crippen molar-refractivity contribution < 1.29 is 8.42 Å². The van der Waals surface area contributed by atoms with Crippen LogP contribution in [0.25, 0.3) is 0 Å². The van der Waals surface area contributed by atoms with Gasteiger partial charge in [-0.1, -0.05) is 6.92 Å². The van der Waals surface area contributed by atoms with Crippen molar-refractivity contribution >= 4 is 21.8 Å². The second-order valence-electron chi connectivity index (χ2n) is 4.10. The van der Waals surface area contributed by atoms with E-state index in [1.54, 1.807) is 18.0 Å². The van der Waals surface area contributed by atoms with Crippen LogP contribution in [0.5, 0.6) is 0 Å². The Kier molecular flexibility index (Phi) is 7.44. The summed E-state index contributed by atoms with van der Waals surface area (Å²) in [7, 11) is -3.48. The number of hydrogen-bond acceptors (Lipinski definition) is 5. The van der Waals surface area contributed by atoms with Gasteiger partial charge in [0.1, 0.15) is 0 Å². The van der Waals surface area contributed by atoms with Crippen LogP contribution in [0.3, 0.4) is 0 Å². The van der Waals surface area contributed by atoms with Crippen LogP contribution in [0.15, 0.2) is 11.2 Å². The average molecular weight is 306 g/mol. The van der Waals surface area contributed by atoms with Crippen molar-refractivity contribution in [3.05, 3.63) is 11.8 Å². The third kappa shape index (κ3) is 5.52. The lowest BCUT2D eigenvalue weighted by atomic mass is 10.3. The maximum atomic E-state index is 12.1. The molecule has 0 spiro atoms. The fourth-order valence-electron chi connectivity index (χ4n) is 1.57. The highest BCUT2D eigenvalue weighted by molar-refractivity contribution is 7.98. The van der Waals surface area contributed by atoms with Crippen molar-refractivity contribution in [2.45, 2.75) is 31.3 Å². The summed E-state index contributed by atoms with van der Waals surface area (Å²) in [6.45, 7) is 3.71. The first-order valence-electron chi connectivity index (χ1n) is 6.33. The molecule has 0 aliphatic carbocycles. The topological polar surface area (TPSA) is 86.9 Å². The van der Waals surface area contributed by atoms with Crippen molar-refractivity contribution in [2.75, 3.05) is 25.1 Å². The molecule has 0 unspecified atom stereocenters. The van der Waals surface area contributed by atoms with Gasteiger partial charge in [0.15, 0.2) is 5.03 Å². The molecule has 0 aliphatic rings. The van der Waals surface area contributed by atoms with Crippen LogP contribution < -0.4 is 10.0 Å². The molecule has 1 heterocycles. The van der Waals surface area contributed by atoms with E-state index in [1.165, 1.54) is 0 Å². The van der Waals surface area contributed by atoms with Crippen LogP contribution in [0, 0.1) is 0 Å². The van der Waals surface area contributed by atoms with E-state index in [9.17, 15) is 8.42 Å². The number of nitrogens with one attached hydrogen (secondary N) is 3. The Bertz CT molecular complexity index is 459. The molecule has 3 N–H and O–H groups in total. The van der Waals surface area contributed by atoms with E-state index in [0.717, 1.165) is 25.1 Å². The highest BCUT2D eigenvalue weighted by Gasteiger charge is 2.19. The summed E-state index contributed by atoms with van der Waals surface area (Å²) < 4.78 is 26.8. The van der Waals surface area contributed by atoms with Gasteiger partial charge in [0.2, 0.25) is 0 Å². The highest BCUT2D eigenvalue weighted by atomic mass is 32.2. The molecule has 1 aromatic heterocycles. The van der Waals surface area contributed by atoms with Gasteiger partial charge in [-0.05, 0) is 31.4 Å². The first kappa shape index (κ1) is 16.5. The lowest BCUT2D eigenvalue weighted by molar-refractivity contribution is 0.571. The number of aromatic nitrogens is 2. The normalized spacial score (nSPS) is 11.9. The van der Waals surface area contributed by atoms with Crippen LogP contribution >= 0.6 is 11.8 Å². The third-order valence-electron chi connectivity index (χ3n) is 2.58. The highest BCUT2D eigenvalue weighted by Crippen LogP contribution is 2.11. The van der Waals surface area contributed by atoms with Gasteiger partial charge in [-0.25, -0.2) is 13.1 Å². The number of sulfonamides is 1. The van der Waals surface area contributed by atoms with Crippen molar-refractivity contribution in [1.29, 1.82) is 0 Å². The molecule has 8 heteroatoms. The Labute approximate surface area is 119 Å². The molecule has 110 valence electrons. The molecular formula is C11H22N4O2S2. The Balaban J connectivity index is 2.54. The summed E-state index contributed by atoms with van der Waals surface area (Å²) in [6.07, 6.45) is 5.44. The number of hydrogen-bond donors (Lipinski definition) is 3. The molecule has 1 rings (SSSR count). The predicted octanol–water partition coefficient (Wildman–Crippen LogP) is 0.941. The van der Waals surface area contributed by atoms with Gasteiger partial charge in [0, 0.05) is 18.7 Å². The first-order valence-corrected chi connectivity index (χ1v) is 9.21. The van der Waals surface area contributed by atoms with Crippen LogP contribution in [-0.4, -0.2) is 43.7 Å². The van der Waals surface area contributed by atoms with Crippen LogP contribution in [0.2, 0.25) is 0 Å². The lowest BCUT2D eigenvalue weighted by Crippen LogP contribution is -2.27. The molecule has 0 saturated heterocycles. The molecule has 0 fully saturated rings. The van der Waals surface area contributed by atoms with Crippen molar-refractivity contribution in [1.82, 2.24) is 20.2 Å². The Morgan fingerprint density at radius 2 is 2.21 bits per heavy atom. The molecule has 1 aromatic rings. The quantitative estimate of drug-likeness (QED) is 0.560. The molecule has 0 aliphatic heterocycles. The molecule has 6 nitrogen and oxygen atoms in total. The summed E-state index contributed by atoms with van der Waals surface area (Å²) in [5.74, 6) is 1.05. The zero-order valence-corrected chi connectivity index (χ0v) is 13.0. The Hall–Kier alpha value is -0.570. The van der Waals surface area contributed by atoms with Crippen LogP contribution in [0.1, 0.15) is 25.3 Å². The molecular weight excluding hydrogens is 284 g/mol. The van der Waals surface area contributed by atoms with Gasteiger partial charge in [0.25, 0.3) is 10.0 Å². The van der Waals surface area contributed by atoms with Crippen molar-refractivity contribution in [3.63, 3.8) is 0 Å². The number of thioether (sulfide) groups is 1. The molecule has 0 amide bonds. The fourth-order valence-corrected chi connectivity index (χ4v) is 3.26. The maximum absolute atomic E-state index is 12.1. The van der Waals surface area contributed by atoms with Gasteiger partial charge >= 0.3 is 0 Å². The van der Waals surface area contributed by atoms with Gasteiger partial charge < -0.3 is 5.32 Å². The SMILES string of the molecule is CCNCc1cn[nH]c1S(=O)(=O)NCCCCSC. The molecule has 0 radical (unpaired) electrons. The molecule has 0 atom stereocenters. The summed E-state index contributed by atoms with van der Waals surface area (Å²) in [5.41, 5.74) is 0.665. The van der Waals surface area contributed by atoms with E-state index in [0.29, 0.717) is 18.7 Å². The smallest absolute Gasteiger partial charge is 0.257 e. The van der Waals surface area contributed by atoms with E-state index in [4.69, 9.17) is 0 Å². The van der Waals surface area contributed by atoms with Gasteiger partial charge in [-0.2, -0.15) is 16.9 Å². The average Bonchev–Trinajstić information content (AvgIpc) is 2.85. The van der Waals surface area contributed by atoms with Gasteiger partial charge in [-0.15, -0.1) is 0 Å². The number of rotatable bonds is 10. The fraction of sp³-hybridized carbons (Fsp3) is 0.727. The number of H-pyrrole nitrogens is 1. The lowest BCUT2D eigenvalue weighted by Gasteiger charge is -2.07. The van der Waals surface area contributed by atoms with E-state index >= 15 is 0 Å². The van der Waals surface area contributed by atoms with Crippen molar-refractivity contribution in [2.24, 2.45) is 0 Å². The Morgan fingerprint density at radius 1 is 1.42 bits per heavy atom. The third-order valence-corrected chi connectivity index (χ3v) is 4.75. The number of aromatic amines is 1. The summed E-state index contributed by atoms with van der Waals surface area (Å²) in [5, 5.41) is 9.63. The second kappa shape index (κ2) is 8.57. The van der Waals surface area contributed by atoms with Crippen LogP contribution in [-0.2, 0) is 16.6 Å².